The molecule has 8 N–H and O–H groups in total. The molecular formula is C46H48N12O2+2. The average molecular weight is 801 g/mol. The number of pyridine rings is 2. The molecule has 0 unspecified atom stereocenters. The first-order chi connectivity index (χ1) is 29.1. The quantitative estimate of drug-likeness (QED) is 0.0487. The van der Waals surface area contributed by atoms with Crippen molar-refractivity contribution in [3.05, 3.63) is 145 Å². The molecular weight excluding hydrogens is 753 g/mol. The summed E-state index contributed by atoms with van der Waals surface area (Å²) in [7, 11) is 3.55. The van der Waals surface area contributed by atoms with Gasteiger partial charge in [0.1, 0.15) is 11.4 Å². The summed E-state index contributed by atoms with van der Waals surface area (Å²) in [4.78, 5) is 30.1. The standard InChI is InChI=1S/C46H46N12O2/c1-55(23-11-27-57-25-9-7-17-41(57)53-51-39-29-37(47)43(49)35-15-5-3-13-33(35)39)45(59)31-19-21-32(22-20-31)46(60)56(2)24-12-28-58-26-10-8-18-42(58)54-52-40-30-38(48)44(50)36-16-6-4-14-34(36)40/h3-10,13-22,25-26,29-30,49-50H,11-12,23-24,27-28H2,1-2H3,(H4,47,48,51,52)/p+2. The molecule has 0 spiro atoms. The van der Waals surface area contributed by atoms with Crippen molar-refractivity contribution >= 4 is 79.1 Å². The first-order valence-electron chi connectivity index (χ1n) is 19.6. The molecule has 0 saturated heterocycles. The van der Waals surface area contributed by atoms with Crippen LogP contribution in [0, 0.1) is 0 Å². The number of hydrogen-bond acceptors (Lipinski definition) is 10. The zero-order chi connectivity index (χ0) is 42.2. The highest BCUT2D eigenvalue weighted by atomic mass is 16.2. The van der Waals surface area contributed by atoms with Crippen molar-refractivity contribution in [1.29, 1.82) is 0 Å². The van der Waals surface area contributed by atoms with E-state index in [1.165, 1.54) is 0 Å². The molecule has 0 bridgehead atoms. The number of benzene rings is 5. The van der Waals surface area contributed by atoms with Gasteiger partial charge in [-0.05, 0) is 58.8 Å². The van der Waals surface area contributed by atoms with E-state index in [0.29, 0.717) is 95.9 Å². The van der Waals surface area contributed by atoms with Crippen molar-refractivity contribution in [2.45, 2.75) is 25.9 Å². The highest BCUT2D eigenvalue weighted by Gasteiger charge is 2.18. The van der Waals surface area contributed by atoms with Gasteiger partial charge in [0, 0.05) is 84.8 Å². The Morgan fingerprint density at radius 3 is 1.27 bits per heavy atom. The minimum absolute atomic E-state index is 0.131. The highest BCUT2D eigenvalue weighted by Crippen LogP contribution is 2.37. The Bertz CT molecular complexity index is 2560. The Morgan fingerprint density at radius 1 is 0.500 bits per heavy atom. The molecule has 7 rings (SSSR count). The van der Waals surface area contributed by atoms with E-state index in [1.54, 1.807) is 60.3 Å². The second-order valence-electron chi connectivity index (χ2n) is 14.5. The van der Waals surface area contributed by atoms with Gasteiger partial charge in [0.15, 0.2) is 0 Å². The zero-order valence-electron chi connectivity index (χ0n) is 33.6. The maximum absolute atomic E-state index is 13.3. The summed E-state index contributed by atoms with van der Waals surface area (Å²) in [5.74, 6) is 1.07. The lowest BCUT2D eigenvalue weighted by Crippen LogP contribution is -2.36. The molecule has 0 aliphatic rings. The van der Waals surface area contributed by atoms with Gasteiger partial charge in [0.2, 0.25) is 0 Å². The van der Waals surface area contributed by atoms with Crippen molar-refractivity contribution in [2.75, 3.05) is 50.1 Å². The van der Waals surface area contributed by atoms with Crippen molar-refractivity contribution in [1.82, 2.24) is 9.80 Å². The summed E-state index contributed by atoms with van der Waals surface area (Å²) in [5.41, 5.74) is 28.9. The number of nitrogen functional groups attached to an aromatic ring is 4. The molecule has 2 amide bonds. The van der Waals surface area contributed by atoms with E-state index >= 15 is 0 Å². The molecule has 0 fully saturated rings. The number of aromatic nitrogens is 2. The van der Waals surface area contributed by atoms with Gasteiger partial charge in [-0.2, -0.15) is 0 Å². The Balaban J connectivity index is 0.905. The maximum atomic E-state index is 13.3. The van der Waals surface area contributed by atoms with E-state index < -0.39 is 0 Å². The van der Waals surface area contributed by atoms with Gasteiger partial charge in [-0.1, -0.05) is 60.7 Å². The fourth-order valence-corrected chi connectivity index (χ4v) is 7.02. The fraction of sp³-hybridized carbons (Fsp3) is 0.174. The lowest BCUT2D eigenvalue weighted by Gasteiger charge is -2.18. The van der Waals surface area contributed by atoms with Crippen LogP contribution in [0.4, 0.5) is 45.8 Å². The third kappa shape index (κ3) is 9.02. The van der Waals surface area contributed by atoms with Gasteiger partial charge < -0.3 is 32.7 Å². The van der Waals surface area contributed by atoms with Crippen LogP contribution in [0.15, 0.2) is 154 Å². The second-order valence-corrected chi connectivity index (χ2v) is 14.5. The summed E-state index contributed by atoms with van der Waals surface area (Å²) < 4.78 is 3.98. The number of fused-ring (bicyclic) bond motifs is 2. The number of carbonyl (C=O) groups excluding carboxylic acids is 2. The van der Waals surface area contributed by atoms with Crippen LogP contribution in [0.25, 0.3) is 21.5 Å². The molecule has 0 atom stereocenters. The third-order valence-electron chi connectivity index (χ3n) is 10.4. The first kappa shape index (κ1) is 40.5. The molecule has 7 aromatic rings. The monoisotopic (exact) mass is 800 g/mol. The Kier molecular flexibility index (Phi) is 12.3. The number of hydrogen-bond donors (Lipinski definition) is 4. The average Bonchev–Trinajstić information content (AvgIpc) is 3.28. The largest absolute Gasteiger partial charge is 0.397 e. The van der Waals surface area contributed by atoms with Crippen molar-refractivity contribution in [3.63, 3.8) is 0 Å². The van der Waals surface area contributed by atoms with Crippen LogP contribution < -0.4 is 32.1 Å². The van der Waals surface area contributed by atoms with E-state index in [4.69, 9.17) is 22.9 Å². The molecule has 60 heavy (non-hydrogen) atoms. The Hall–Kier alpha value is -7.74. The van der Waals surface area contributed by atoms with E-state index in [9.17, 15) is 9.59 Å². The predicted octanol–water partition coefficient (Wildman–Crippen LogP) is 8.05. The van der Waals surface area contributed by atoms with Gasteiger partial charge in [-0.3, -0.25) is 9.59 Å². The highest BCUT2D eigenvalue weighted by molar-refractivity contribution is 6.05. The van der Waals surface area contributed by atoms with Crippen LogP contribution in [0.3, 0.4) is 0 Å². The summed E-state index contributed by atoms with van der Waals surface area (Å²) >= 11 is 0. The molecule has 14 nitrogen and oxygen atoms in total. The van der Waals surface area contributed by atoms with E-state index in [-0.39, 0.29) is 11.8 Å². The number of nitrogens with zero attached hydrogens (tertiary/aromatic N) is 8. The normalized spacial score (nSPS) is 11.5. The Morgan fingerprint density at radius 2 is 0.867 bits per heavy atom. The number of rotatable bonds is 14. The SMILES string of the molecule is CN(CCC[n+]1ccccc1N=Nc1cc(N)c(N)c2ccccc12)C(=O)c1ccc(C(=O)N(C)CCC[n+]2ccccc2/N=N/c2cc(N)c(N)c3ccccc23)cc1. The summed E-state index contributed by atoms with van der Waals surface area (Å²) in [5, 5.41) is 21.5. The molecule has 0 radical (unpaired) electrons. The molecule has 2 heterocycles. The lowest BCUT2D eigenvalue weighted by atomic mass is 10.1. The number of carbonyl (C=O) groups is 2. The van der Waals surface area contributed by atoms with Gasteiger partial charge in [-0.15, -0.1) is 0 Å². The predicted molar refractivity (Wildman–Crippen MR) is 237 cm³/mol. The molecule has 0 saturated carbocycles. The number of azo groups is 2. The molecule has 0 aliphatic carbocycles. The fourth-order valence-electron chi connectivity index (χ4n) is 7.02. The van der Waals surface area contributed by atoms with Gasteiger partial charge in [0.05, 0.1) is 58.5 Å². The van der Waals surface area contributed by atoms with Crippen LogP contribution >= 0.6 is 0 Å². The van der Waals surface area contributed by atoms with Gasteiger partial charge in [-0.25, -0.2) is 9.13 Å². The van der Waals surface area contributed by atoms with Crippen LogP contribution in [0.2, 0.25) is 0 Å². The van der Waals surface area contributed by atoms with Gasteiger partial charge >= 0.3 is 11.6 Å². The van der Waals surface area contributed by atoms with Crippen molar-refractivity contribution < 1.29 is 18.7 Å². The lowest BCUT2D eigenvalue weighted by molar-refractivity contribution is -0.684. The Labute approximate surface area is 348 Å². The van der Waals surface area contributed by atoms with Gasteiger partial charge in [0.25, 0.3) is 11.8 Å². The summed E-state index contributed by atoms with van der Waals surface area (Å²) in [6.45, 7) is 2.24. The maximum Gasteiger partial charge on any atom is 0.350 e. The topological polar surface area (TPSA) is 202 Å². The van der Waals surface area contributed by atoms with E-state index in [0.717, 1.165) is 21.5 Å². The van der Waals surface area contributed by atoms with Crippen LogP contribution in [-0.2, 0) is 13.1 Å². The molecule has 14 heteroatoms. The molecule has 0 aliphatic heterocycles. The first-order valence-corrected chi connectivity index (χ1v) is 19.6. The third-order valence-corrected chi connectivity index (χ3v) is 10.4. The number of nitrogens with two attached hydrogens (primary N) is 4. The van der Waals surface area contributed by atoms with Crippen molar-refractivity contribution in [3.8, 4) is 0 Å². The molecule has 302 valence electrons. The van der Waals surface area contributed by atoms with Crippen molar-refractivity contribution in [2.24, 2.45) is 20.5 Å². The summed E-state index contributed by atoms with van der Waals surface area (Å²) in [6.07, 6.45) is 5.23. The van der Waals surface area contributed by atoms with E-state index in [2.05, 4.69) is 20.5 Å². The minimum atomic E-state index is -0.131. The number of anilines is 4. The van der Waals surface area contributed by atoms with Crippen LogP contribution in [0.5, 0.6) is 0 Å². The zero-order valence-corrected chi connectivity index (χ0v) is 33.6. The van der Waals surface area contributed by atoms with Crippen LogP contribution in [-0.4, -0.2) is 48.8 Å². The molecule has 5 aromatic carbocycles. The number of aryl methyl sites for hydroxylation is 2. The smallest absolute Gasteiger partial charge is 0.350 e. The second kappa shape index (κ2) is 18.2. The van der Waals surface area contributed by atoms with E-state index in [1.807, 2.05) is 106 Å². The number of amides is 2. The summed E-state index contributed by atoms with van der Waals surface area (Å²) in [6, 6.07) is 37.1. The minimum Gasteiger partial charge on any atom is -0.397 e. The van der Waals surface area contributed by atoms with Crippen LogP contribution in [0.1, 0.15) is 33.6 Å². The molecule has 2 aromatic heterocycles.